The fraction of sp³-hybridized carbons (Fsp3) is 0.0909. The Morgan fingerprint density at radius 2 is 0.667 bits per heavy atom. The van der Waals surface area contributed by atoms with Crippen LogP contribution in [0.4, 0.5) is 26.3 Å². The first-order valence-electron chi connectivity index (χ1n) is 12.7. The zero-order valence-corrected chi connectivity index (χ0v) is 22.9. The molecule has 5 aromatic carbocycles. The van der Waals surface area contributed by atoms with Crippen LogP contribution in [0.2, 0.25) is 0 Å². The summed E-state index contributed by atoms with van der Waals surface area (Å²) < 4.78 is 88.7. The summed E-state index contributed by atoms with van der Waals surface area (Å²) in [6.45, 7) is 2.00. The number of hydrogen-bond donors (Lipinski definition) is 0. The summed E-state index contributed by atoms with van der Waals surface area (Å²) in [5.74, 6) is 1.53. The summed E-state index contributed by atoms with van der Waals surface area (Å²) >= 11 is 0. The van der Waals surface area contributed by atoms with Gasteiger partial charge in [-0.05, 0) is 116 Å². The van der Waals surface area contributed by atoms with Crippen LogP contribution in [0, 0.1) is 6.92 Å². The SMILES string of the molecule is Cc1ccc([S+](c2ccc(Oc3ccc(C(F)(F)F)cc3)cc2)c2ccc(Oc3ccc(C(F)(F)F)cc3)cc2)cc1. The monoisotopic (exact) mass is 597 g/mol. The minimum Gasteiger partial charge on any atom is -0.457 e. The molecule has 0 aliphatic heterocycles. The molecule has 0 fully saturated rings. The summed E-state index contributed by atoms with van der Waals surface area (Å²) in [7, 11) is -0.520. The van der Waals surface area contributed by atoms with E-state index >= 15 is 0 Å². The van der Waals surface area contributed by atoms with Crippen LogP contribution in [-0.4, -0.2) is 0 Å². The van der Waals surface area contributed by atoms with Gasteiger partial charge in [0.1, 0.15) is 23.0 Å². The number of alkyl halides is 6. The van der Waals surface area contributed by atoms with E-state index in [0.717, 1.165) is 44.5 Å². The molecular formula is C33H23F6O2S+. The average molecular weight is 598 g/mol. The Balaban J connectivity index is 1.36. The first-order chi connectivity index (χ1) is 20.0. The Morgan fingerprint density at radius 3 is 0.952 bits per heavy atom. The lowest BCUT2D eigenvalue weighted by Gasteiger charge is -2.12. The standard InChI is InChI=1S/C33H23F6O2S/c1-22-2-16-29(17-3-22)42(30-18-12-27(13-19-30)40-25-8-4-23(5-9-25)32(34,35)36)31-20-14-28(15-21-31)41-26-10-6-24(7-11-26)33(37,38)39/h2-21H,1H3/q+1. The predicted molar refractivity (Wildman–Crippen MR) is 149 cm³/mol. The highest BCUT2D eigenvalue weighted by Gasteiger charge is 2.31. The van der Waals surface area contributed by atoms with Gasteiger partial charge in [0.15, 0.2) is 14.7 Å². The van der Waals surface area contributed by atoms with Gasteiger partial charge >= 0.3 is 12.4 Å². The molecular weight excluding hydrogens is 574 g/mol. The Labute approximate surface area is 241 Å². The first-order valence-corrected chi connectivity index (χ1v) is 13.9. The van der Waals surface area contributed by atoms with E-state index in [0.29, 0.717) is 11.5 Å². The molecule has 0 unspecified atom stereocenters. The molecule has 0 N–H and O–H groups in total. The molecule has 0 aromatic heterocycles. The average Bonchev–Trinajstić information content (AvgIpc) is 2.96. The fourth-order valence-corrected chi connectivity index (χ4v) is 6.11. The van der Waals surface area contributed by atoms with Crippen LogP contribution in [0.25, 0.3) is 0 Å². The normalized spacial score (nSPS) is 11.9. The molecule has 2 nitrogen and oxygen atoms in total. The summed E-state index contributed by atoms with van der Waals surface area (Å²) in [5, 5.41) is 0. The summed E-state index contributed by atoms with van der Waals surface area (Å²) in [6.07, 6.45) is -8.84. The van der Waals surface area contributed by atoms with Crippen molar-refractivity contribution in [1.29, 1.82) is 0 Å². The molecule has 0 bridgehead atoms. The van der Waals surface area contributed by atoms with Crippen LogP contribution >= 0.6 is 0 Å². The van der Waals surface area contributed by atoms with Gasteiger partial charge in [0, 0.05) is 0 Å². The number of halogens is 6. The third-order valence-corrected chi connectivity index (χ3v) is 8.44. The van der Waals surface area contributed by atoms with Gasteiger partial charge in [-0.25, -0.2) is 0 Å². The molecule has 0 aliphatic rings. The molecule has 42 heavy (non-hydrogen) atoms. The van der Waals surface area contributed by atoms with Crippen molar-refractivity contribution < 1.29 is 35.8 Å². The highest BCUT2D eigenvalue weighted by Crippen LogP contribution is 2.36. The molecule has 5 aromatic rings. The van der Waals surface area contributed by atoms with E-state index in [9.17, 15) is 26.3 Å². The number of hydrogen-bond acceptors (Lipinski definition) is 2. The van der Waals surface area contributed by atoms with Gasteiger partial charge in [-0.1, -0.05) is 17.7 Å². The maximum absolute atomic E-state index is 12.9. The lowest BCUT2D eigenvalue weighted by atomic mass is 10.2. The van der Waals surface area contributed by atoms with Crippen LogP contribution < -0.4 is 9.47 Å². The van der Waals surface area contributed by atoms with Crippen molar-refractivity contribution in [2.75, 3.05) is 0 Å². The lowest BCUT2D eigenvalue weighted by Crippen LogP contribution is -2.05. The summed E-state index contributed by atoms with van der Waals surface area (Å²) in [5.41, 5.74) is -0.380. The minimum absolute atomic E-state index is 0.289. The zero-order valence-electron chi connectivity index (χ0n) is 22.0. The van der Waals surface area contributed by atoms with Crippen LogP contribution in [0.3, 0.4) is 0 Å². The summed E-state index contributed by atoms with van der Waals surface area (Å²) in [6, 6.07) is 31.9. The van der Waals surface area contributed by atoms with Crippen molar-refractivity contribution in [3.8, 4) is 23.0 Å². The zero-order chi connectivity index (χ0) is 29.9. The maximum Gasteiger partial charge on any atom is 0.416 e. The van der Waals surface area contributed by atoms with Crippen molar-refractivity contribution in [1.82, 2.24) is 0 Å². The molecule has 5 rings (SSSR count). The topological polar surface area (TPSA) is 18.5 Å². The van der Waals surface area contributed by atoms with E-state index < -0.39 is 34.4 Å². The van der Waals surface area contributed by atoms with E-state index in [-0.39, 0.29) is 11.5 Å². The Kier molecular flexibility index (Phi) is 8.22. The van der Waals surface area contributed by atoms with Crippen LogP contribution in [0.1, 0.15) is 16.7 Å². The molecule has 0 amide bonds. The van der Waals surface area contributed by atoms with E-state index in [1.54, 1.807) is 24.3 Å². The predicted octanol–water partition coefficient (Wildman–Crippen LogP) is 10.7. The van der Waals surface area contributed by atoms with Gasteiger partial charge in [0.05, 0.1) is 22.0 Å². The second-order valence-electron chi connectivity index (χ2n) is 9.31. The molecule has 0 saturated heterocycles. The van der Waals surface area contributed by atoms with Gasteiger partial charge in [0.25, 0.3) is 0 Å². The molecule has 0 heterocycles. The summed E-state index contributed by atoms with van der Waals surface area (Å²) in [4.78, 5) is 3.03. The van der Waals surface area contributed by atoms with Gasteiger partial charge in [-0.15, -0.1) is 0 Å². The van der Waals surface area contributed by atoms with Crippen molar-refractivity contribution >= 4 is 10.9 Å². The number of benzene rings is 5. The molecule has 0 saturated carbocycles. The van der Waals surface area contributed by atoms with Crippen LogP contribution in [0.5, 0.6) is 23.0 Å². The molecule has 214 valence electrons. The Bertz CT molecular complexity index is 1510. The smallest absolute Gasteiger partial charge is 0.416 e. The molecule has 0 aliphatic carbocycles. The van der Waals surface area contributed by atoms with Crippen molar-refractivity contribution in [2.45, 2.75) is 34.0 Å². The molecule has 0 atom stereocenters. The third kappa shape index (κ3) is 7.09. The second kappa shape index (κ2) is 11.9. The minimum atomic E-state index is -4.42. The van der Waals surface area contributed by atoms with E-state index in [2.05, 4.69) is 12.1 Å². The number of aryl methyl sites for hydroxylation is 1. The van der Waals surface area contributed by atoms with Gasteiger partial charge < -0.3 is 9.47 Å². The highest BCUT2D eigenvalue weighted by molar-refractivity contribution is 7.97. The lowest BCUT2D eigenvalue weighted by molar-refractivity contribution is -0.138. The molecule has 0 spiro atoms. The second-order valence-corrected chi connectivity index (χ2v) is 11.3. The van der Waals surface area contributed by atoms with Gasteiger partial charge in [-0.3, -0.25) is 0 Å². The van der Waals surface area contributed by atoms with Gasteiger partial charge in [0.2, 0.25) is 0 Å². The van der Waals surface area contributed by atoms with Crippen molar-refractivity contribution in [3.05, 3.63) is 138 Å². The number of ether oxygens (including phenoxy) is 2. The Morgan fingerprint density at radius 1 is 0.405 bits per heavy atom. The highest BCUT2D eigenvalue weighted by atomic mass is 32.2. The van der Waals surface area contributed by atoms with Crippen molar-refractivity contribution in [3.63, 3.8) is 0 Å². The van der Waals surface area contributed by atoms with Crippen molar-refractivity contribution in [2.24, 2.45) is 0 Å². The number of rotatable bonds is 7. The van der Waals surface area contributed by atoms with E-state index in [1.165, 1.54) is 24.3 Å². The van der Waals surface area contributed by atoms with Crippen LogP contribution in [-0.2, 0) is 23.2 Å². The van der Waals surface area contributed by atoms with Gasteiger partial charge in [-0.2, -0.15) is 26.3 Å². The van der Waals surface area contributed by atoms with E-state index in [1.807, 2.05) is 43.3 Å². The quantitative estimate of drug-likeness (QED) is 0.137. The maximum atomic E-state index is 12.9. The first kappa shape index (κ1) is 29.1. The molecule has 9 heteroatoms. The van der Waals surface area contributed by atoms with Crippen LogP contribution in [0.15, 0.2) is 136 Å². The fourth-order valence-electron chi connectivity index (χ4n) is 4.07. The molecule has 0 radical (unpaired) electrons. The largest absolute Gasteiger partial charge is 0.457 e. The third-order valence-electron chi connectivity index (χ3n) is 6.21. The Hall–Kier alpha value is -4.37. The van der Waals surface area contributed by atoms with E-state index in [4.69, 9.17) is 9.47 Å².